The summed E-state index contributed by atoms with van der Waals surface area (Å²) in [5.41, 5.74) is 1.83. The van der Waals surface area contributed by atoms with Gasteiger partial charge in [-0.05, 0) is 24.0 Å². The minimum atomic E-state index is 0.250. The third-order valence-electron chi connectivity index (χ3n) is 5.56. The molecular formula is C24H32N6O. The van der Waals surface area contributed by atoms with Crippen LogP contribution in [0.3, 0.4) is 0 Å². The van der Waals surface area contributed by atoms with Crippen molar-refractivity contribution >= 4 is 22.8 Å². The molecule has 0 atom stereocenters. The Labute approximate surface area is 184 Å². The molecule has 0 aliphatic carbocycles. The molecule has 7 heteroatoms. The summed E-state index contributed by atoms with van der Waals surface area (Å²) in [6.07, 6.45) is 3.29. The maximum absolute atomic E-state index is 12.5. The predicted octanol–water partition coefficient (Wildman–Crippen LogP) is 3.71. The van der Waals surface area contributed by atoms with E-state index in [2.05, 4.69) is 37.7 Å². The topological polar surface area (TPSA) is 67.2 Å². The van der Waals surface area contributed by atoms with E-state index < -0.39 is 0 Å². The van der Waals surface area contributed by atoms with Gasteiger partial charge in [0.15, 0.2) is 5.65 Å². The first kappa shape index (κ1) is 21.3. The molecule has 3 heterocycles. The molecule has 0 N–H and O–H groups in total. The first-order chi connectivity index (χ1) is 14.9. The molecule has 2 aromatic heterocycles. The number of hydrogen-bond acceptors (Lipinski definition) is 5. The number of rotatable bonds is 6. The van der Waals surface area contributed by atoms with Gasteiger partial charge in [-0.2, -0.15) is 5.10 Å². The third-order valence-corrected chi connectivity index (χ3v) is 5.56. The highest BCUT2D eigenvalue weighted by atomic mass is 16.2. The van der Waals surface area contributed by atoms with E-state index in [0.717, 1.165) is 61.0 Å². The molecule has 7 nitrogen and oxygen atoms in total. The Morgan fingerprint density at radius 2 is 1.68 bits per heavy atom. The fourth-order valence-electron chi connectivity index (χ4n) is 4.04. The van der Waals surface area contributed by atoms with Crippen molar-refractivity contribution in [1.82, 2.24) is 24.6 Å². The second kappa shape index (κ2) is 9.04. The van der Waals surface area contributed by atoms with Gasteiger partial charge in [0.1, 0.15) is 11.6 Å². The van der Waals surface area contributed by atoms with E-state index in [1.807, 2.05) is 46.1 Å². The third kappa shape index (κ3) is 4.70. The zero-order valence-electron chi connectivity index (χ0n) is 19.0. The number of nitrogens with zero attached hydrogens (tertiary/aromatic N) is 6. The van der Waals surface area contributed by atoms with Crippen molar-refractivity contribution in [3.63, 3.8) is 0 Å². The van der Waals surface area contributed by atoms with Gasteiger partial charge in [0.25, 0.3) is 0 Å². The Balaban J connectivity index is 1.66. The molecule has 1 saturated heterocycles. The van der Waals surface area contributed by atoms with E-state index in [4.69, 9.17) is 9.97 Å². The van der Waals surface area contributed by atoms with Gasteiger partial charge in [0, 0.05) is 39.0 Å². The van der Waals surface area contributed by atoms with Gasteiger partial charge < -0.3 is 9.80 Å². The van der Waals surface area contributed by atoms with Crippen molar-refractivity contribution in [3.8, 4) is 5.69 Å². The number of carbonyl (C=O) groups is 1. The van der Waals surface area contributed by atoms with Crippen molar-refractivity contribution in [1.29, 1.82) is 0 Å². The number of carbonyl (C=O) groups excluding carboxylic acids is 1. The standard InChI is InChI=1S/C24H32N6O/c1-17(2)14-21-26-23(29-12-10-28(11-13-29)22(31)15-18(3)4)20-16-25-30(24(20)27-21)19-8-6-5-7-9-19/h5-9,16-18H,10-15H2,1-4H3. The first-order valence-corrected chi connectivity index (χ1v) is 11.2. The lowest BCUT2D eigenvalue weighted by Crippen LogP contribution is -2.49. The van der Waals surface area contributed by atoms with E-state index in [1.165, 1.54) is 0 Å². The summed E-state index contributed by atoms with van der Waals surface area (Å²) in [5, 5.41) is 5.60. The molecule has 0 spiro atoms. The van der Waals surface area contributed by atoms with E-state index >= 15 is 0 Å². The lowest BCUT2D eigenvalue weighted by atomic mass is 10.1. The number of piperazine rings is 1. The summed E-state index contributed by atoms with van der Waals surface area (Å²) in [4.78, 5) is 26.6. The maximum atomic E-state index is 12.5. The molecule has 3 aromatic rings. The van der Waals surface area contributed by atoms with Gasteiger partial charge in [-0.25, -0.2) is 14.6 Å². The molecule has 1 fully saturated rings. The number of aromatic nitrogens is 4. The molecule has 4 rings (SSSR count). The molecule has 1 aliphatic heterocycles. The highest BCUT2D eigenvalue weighted by Crippen LogP contribution is 2.27. The Kier molecular flexibility index (Phi) is 6.20. The number of hydrogen-bond donors (Lipinski definition) is 0. The van der Waals surface area contributed by atoms with Crippen molar-refractivity contribution in [2.24, 2.45) is 11.8 Å². The van der Waals surface area contributed by atoms with Crippen LogP contribution in [-0.4, -0.2) is 56.7 Å². The van der Waals surface area contributed by atoms with Gasteiger partial charge in [-0.3, -0.25) is 4.79 Å². The van der Waals surface area contributed by atoms with E-state index in [-0.39, 0.29) is 5.91 Å². The number of benzene rings is 1. The van der Waals surface area contributed by atoms with Crippen LogP contribution in [0.2, 0.25) is 0 Å². The summed E-state index contributed by atoms with van der Waals surface area (Å²) in [6, 6.07) is 10.1. The Hall–Kier alpha value is -2.96. The minimum absolute atomic E-state index is 0.250. The van der Waals surface area contributed by atoms with Crippen molar-refractivity contribution in [3.05, 3.63) is 42.4 Å². The van der Waals surface area contributed by atoms with E-state index in [1.54, 1.807) is 0 Å². The summed E-state index contributed by atoms with van der Waals surface area (Å²) in [5.74, 6) is 2.87. The van der Waals surface area contributed by atoms with Crippen LogP contribution in [0, 0.1) is 11.8 Å². The molecule has 1 aromatic carbocycles. The van der Waals surface area contributed by atoms with Crippen molar-refractivity contribution in [2.45, 2.75) is 40.5 Å². The van der Waals surface area contributed by atoms with Crippen LogP contribution >= 0.6 is 0 Å². The fourth-order valence-corrected chi connectivity index (χ4v) is 4.04. The molecule has 0 radical (unpaired) electrons. The maximum Gasteiger partial charge on any atom is 0.222 e. The predicted molar refractivity (Wildman–Crippen MR) is 123 cm³/mol. The summed E-state index contributed by atoms with van der Waals surface area (Å²) in [7, 11) is 0. The molecule has 164 valence electrons. The number of amides is 1. The molecule has 0 bridgehead atoms. The van der Waals surface area contributed by atoms with Crippen LogP contribution < -0.4 is 4.90 Å². The van der Waals surface area contributed by atoms with Crippen LogP contribution in [-0.2, 0) is 11.2 Å². The van der Waals surface area contributed by atoms with Gasteiger partial charge >= 0.3 is 0 Å². The molecular weight excluding hydrogens is 388 g/mol. The number of fused-ring (bicyclic) bond motifs is 1. The summed E-state index contributed by atoms with van der Waals surface area (Å²) in [6.45, 7) is 11.5. The second-order valence-corrected chi connectivity index (χ2v) is 9.16. The molecule has 0 unspecified atom stereocenters. The Bertz CT molecular complexity index is 1030. The zero-order chi connectivity index (χ0) is 22.0. The van der Waals surface area contributed by atoms with E-state index in [9.17, 15) is 4.79 Å². The van der Waals surface area contributed by atoms with Crippen molar-refractivity contribution in [2.75, 3.05) is 31.1 Å². The lowest BCUT2D eigenvalue weighted by Gasteiger charge is -2.36. The van der Waals surface area contributed by atoms with Crippen molar-refractivity contribution < 1.29 is 4.79 Å². The first-order valence-electron chi connectivity index (χ1n) is 11.2. The van der Waals surface area contributed by atoms with Gasteiger partial charge in [0.05, 0.1) is 17.3 Å². The quantitative estimate of drug-likeness (QED) is 0.608. The molecule has 31 heavy (non-hydrogen) atoms. The molecule has 1 amide bonds. The normalized spacial score (nSPS) is 14.8. The van der Waals surface area contributed by atoms with Gasteiger partial charge in [0.2, 0.25) is 5.91 Å². The smallest absolute Gasteiger partial charge is 0.222 e. The number of para-hydroxylation sites is 1. The molecule has 1 aliphatic rings. The fraction of sp³-hybridized carbons (Fsp3) is 0.500. The largest absolute Gasteiger partial charge is 0.352 e. The molecule has 0 saturated carbocycles. The summed E-state index contributed by atoms with van der Waals surface area (Å²) >= 11 is 0. The van der Waals surface area contributed by atoms with Gasteiger partial charge in [-0.1, -0.05) is 45.9 Å². The second-order valence-electron chi connectivity index (χ2n) is 9.16. The summed E-state index contributed by atoms with van der Waals surface area (Å²) < 4.78 is 1.90. The lowest BCUT2D eigenvalue weighted by molar-refractivity contribution is -0.132. The van der Waals surface area contributed by atoms with Crippen LogP contribution in [0.4, 0.5) is 5.82 Å². The SMILES string of the molecule is CC(C)CC(=O)N1CCN(c2nc(CC(C)C)nc3c2cnn3-c2ccccc2)CC1. The highest BCUT2D eigenvalue weighted by Gasteiger charge is 2.25. The van der Waals surface area contributed by atoms with Crippen LogP contribution in [0.25, 0.3) is 16.7 Å². The van der Waals surface area contributed by atoms with E-state index in [0.29, 0.717) is 18.3 Å². The van der Waals surface area contributed by atoms with Crippen LogP contribution in [0.5, 0.6) is 0 Å². The van der Waals surface area contributed by atoms with Gasteiger partial charge in [-0.15, -0.1) is 0 Å². The van der Waals surface area contributed by atoms with Crippen LogP contribution in [0.15, 0.2) is 36.5 Å². The minimum Gasteiger partial charge on any atom is -0.352 e. The average Bonchev–Trinajstić information content (AvgIpc) is 3.17. The zero-order valence-corrected chi connectivity index (χ0v) is 19.0. The highest BCUT2D eigenvalue weighted by molar-refractivity contribution is 5.88. The van der Waals surface area contributed by atoms with Crippen LogP contribution in [0.1, 0.15) is 39.9 Å². The Morgan fingerprint density at radius 3 is 2.32 bits per heavy atom. The average molecular weight is 421 g/mol. The number of anilines is 1. The monoisotopic (exact) mass is 420 g/mol. The Morgan fingerprint density at radius 1 is 0.968 bits per heavy atom.